The summed E-state index contributed by atoms with van der Waals surface area (Å²) in [6.07, 6.45) is -0.965. The lowest BCUT2D eigenvalue weighted by molar-refractivity contribution is -0.385. The molecular formula is C14H12N2O5S. The molecule has 0 aliphatic carbocycles. The molecule has 114 valence electrons. The van der Waals surface area contributed by atoms with Gasteiger partial charge in [-0.05, 0) is 29.6 Å². The molecular weight excluding hydrogens is 308 g/mol. The average molecular weight is 320 g/mol. The highest BCUT2D eigenvalue weighted by molar-refractivity contribution is 7.89. The number of hydrogen-bond donors (Lipinski definition) is 0. The highest BCUT2D eigenvalue weighted by atomic mass is 32.2. The van der Waals surface area contributed by atoms with E-state index < -0.39 is 21.2 Å². The molecule has 3 rings (SSSR count). The van der Waals surface area contributed by atoms with E-state index in [-0.39, 0.29) is 16.1 Å². The summed E-state index contributed by atoms with van der Waals surface area (Å²) in [6.45, 7) is 1.85. The summed E-state index contributed by atoms with van der Waals surface area (Å²) >= 11 is 0. The molecule has 2 atom stereocenters. The summed E-state index contributed by atoms with van der Waals surface area (Å²) in [5, 5.41) is 11.0. The normalized spacial score (nSPS) is 20.6. The standard InChI is InChI=1S/C14H12N2O5S/c1-10-6-8-11(9-7-10)22(19,20)16-14(21-16)12-4-2-3-5-13(12)15(17)18/h2-9,14H,1H3. The summed E-state index contributed by atoms with van der Waals surface area (Å²) in [5.74, 6) is 0. The zero-order valence-corrected chi connectivity index (χ0v) is 12.4. The average Bonchev–Trinajstić information content (AvgIpc) is 3.28. The van der Waals surface area contributed by atoms with Crippen molar-refractivity contribution in [3.05, 3.63) is 69.8 Å². The Balaban J connectivity index is 1.91. The maximum Gasteiger partial charge on any atom is 0.276 e. The van der Waals surface area contributed by atoms with Crippen molar-refractivity contribution in [3.8, 4) is 0 Å². The first-order valence-electron chi connectivity index (χ1n) is 6.42. The first kappa shape index (κ1) is 14.6. The lowest BCUT2D eigenvalue weighted by Gasteiger charge is -2.03. The van der Waals surface area contributed by atoms with Crippen LogP contribution in [0.25, 0.3) is 0 Å². The fourth-order valence-corrected chi connectivity index (χ4v) is 3.35. The van der Waals surface area contributed by atoms with Gasteiger partial charge in [0.2, 0.25) is 6.23 Å². The lowest BCUT2D eigenvalue weighted by atomic mass is 10.2. The molecule has 0 bridgehead atoms. The molecule has 7 nitrogen and oxygen atoms in total. The van der Waals surface area contributed by atoms with Gasteiger partial charge in [0.1, 0.15) is 0 Å². The molecule has 0 radical (unpaired) electrons. The van der Waals surface area contributed by atoms with Crippen molar-refractivity contribution >= 4 is 15.7 Å². The Bertz CT molecular complexity index is 833. The summed E-state index contributed by atoms with van der Waals surface area (Å²) in [7, 11) is -3.83. The number of hydrogen-bond acceptors (Lipinski definition) is 5. The van der Waals surface area contributed by atoms with Gasteiger partial charge < -0.3 is 0 Å². The minimum atomic E-state index is -3.83. The van der Waals surface area contributed by atoms with Gasteiger partial charge in [-0.15, -0.1) is 0 Å². The highest BCUT2D eigenvalue weighted by Gasteiger charge is 2.51. The molecule has 2 aromatic carbocycles. The summed E-state index contributed by atoms with van der Waals surface area (Å²) in [6, 6.07) is 12.2. The Morgan fingerprint density at radius 3 is 2.41 bits per heavy atom. The van der Waals surface area contributed by atoms with Gasteiger partial charge in [0, 0.05) is 6.07 Å². The predicted molar refractivity (Wildman–Crippen MR) is 77.1 cm³/mol. The van der Waals surface area contributed by atoms with Gasteiger partial charge in [-0.2, -0.15) is 0 Å². The molecule has 0 amide bonds. The fourth-order valence-electron chi connectivity index (χ4n) is 2.10. The van der Waals surface area contributed by atoms with Crippen LogP contribution in [0.5, 0.6) is 0 Å². The molecule has 1 fully saturated rings. The molecule has 1 aliphatic heterocycles. The van der Waals surface area contributed by atoms with Crippen molar-refractivity contribution in [3.63, 3.8) is 0 Å². The van der Waals surface area contributed by atoms with E-state index in [0.29, 0.717) is 0 Å². The van der Waals surface area contributed by atoms with E-state index in [0.717, 1.165) is 10.0 Å². The topological polar surface area (TPSA) is 92.8 Å². The molecule has 0 saturated carbocycles. The second-order valence-electron chi connectivity index (χ2n) is 4.85. The number of sulfonamides is 1. The Morgan fingerprint density at radius 2 is 1.77 bits per heavy atom. The highest BCUT2D eigenvalue weighted by Crippen LogP contribution is 2.45. The van der Waals surface area contributed by atoms with E-state index in [1.807, 2.05) is 6.92 Å². The Kier molecular flexibility index (Phi) is 3.44. The van der Waals surface area contributed by atoms with Crippen LogP contribution >= 0.6 is 0 Å². The minimum absolute atomic E-state index is 0.0826. The van der Waals surface area contributed by atoms with Crippen molar-refractivity contribution in [1.82, 2.24) is 4.47 Å². The number of hydroxylamine groups is 1. The second-order valence-corrected chi connectivity index (χ2v) is 6.63. The largest absolute Gasteiger partial charge is 0.276 e. The van der Waals surface area contributed by atoms with Crippen LogP contribution in [0.2, 0.25) is 0 Å². The Hall–Kier alpha value is -2.29. The molecule has 0 N–H and O–H groups in total. The van der Waals surface area contributed by atoms with Crippen molar-refractivity contribution in [2.75, 3.05) is 0 Å². The molecule has 1 heterocycles. The van der Waals surface area contributed by atoms with E-state index >= 15 is 0 Å². The SMILES string of the molecule is Cc1ccc(S(=O)(=O)N2OC2c2ccccc2[N+](=O)[O-])cc1. The molecule has 8 heteroatoms. The smallest absolute Gasteiger partial charge is 0.258 e. The molecule has 0 aromatic heterocycles. The summed E-state index contributed by atoms with van der Waals surface area (Å²) in [4.78, 5) is 15.6. The summed E-state index contributed by atoms with van der Waals surface area (Å²) < 4.78 is 25.6. The monoisotopic (exact) mass is 320 g/mol. The molecule has 22 heavy (non-hydrogen) atoms. The van der Waals surface area contributed by atoms with Crippen LogP contribution < -0.4 is 0 Å². The number of nitrogens with zero attached hydrogens (tertiary/aromatic N) is 2. The first-order chi connectivity index (χ1) is 10.4. The first-order valence-corrected chi connectivity index (χ1v) is 7.86. The van der Waals surface area contributed by atoms with Crippen LogP contribution in [0.4, 0.5) is 5.69 Å². The van der Waals surface area contributed by atoms with Crippen molar-refractivity contribution in [2.24, 2.45) is 0 Å². The fraction of sp³-hybridized carbons (Fsp3) is 0.143. The van der Waals surface area contributed by atoms with Gasteiger partial charge in [0.05, 0.1) is 15.4 Å². The van der Waals surface area contributed by atoms with Crippen LogP contribution in [-0.4, -0.2) is 17.8 Å². The van der Waals surface area contributed by atoms with Crippen molar-refractivity contribution in [2.45, 2.75) is 18.0 Å². The molecule has 1 saturated heterocycles. The maximum absolute atomic E-state index is 12.4. The molecule has 0 spiro atoms. The zero-order valence-electron chi connectivity index (χ0n) is 11.5. The quantitative estimate of drug-likeness (QED) is 0.490. The minimum Gasteiger partial charge on any atom is -0.258 e. The lowest BCUT2D eigenvalue weighted by Crippen LogP contribution is -2.12. The third-order valence-corrected chi connectivity index (χ3v) is 4.92. The zero-order chi connectivity index (χ0) is 15.9. The Morgan fingerprint density at radius 1 is 1.14 bits per heavy atom. The van der Waals surface area contributed by atoms with Crippen molar-refractivity contribution in [1.29, 1.82) is 0 Å². The number of rotatable bonds is 4. The molecule has 1 aliphatic rings. The molecule has 2 unspecified atom stereocenters. The number of aryl methyl sites for hydroxylation is 1. The van der Waals surface area contributed by atoms with E-state index in [2.05, 4.69) is 0 Å². The van der Waals surface area contributed by atoms with Crippen LogP contribution in [-0.2, 0) is 14.9 Å². The molecule has 2 aromatic rings. The van der Waals surface area contributed by atoms with Crippen LogP contribution in [0.3, 0.4) is 0 Å². The van der Waals surface area contributed by atoms with E-state index in [1.54, 1.807) is 18.2 Å². The third-order valence-electron chi connectivity index (χ3n) is 3.30. The van der Waals surface area contributed by atoms with Gasteiger partial charge in [0.15, 0.2) is 0 Å². The second kappa shape index (κ2) is 5.16. The van der Waals surface area contributed by atoms with Gasteiger partial charge in [-0.25, -0.2) is 8.42 Å². The van der Waals surface area contributed by atoms with Crippen LogP contribution in [0.15, 0.2) is 53.4 Å². The summed E-state index contributed by atoms with van der Waals surface area (Å²) in [5.41, 5.74) is 0.971. The number of benzene rings is 2. The Labute approximate surface area is 126 Å². The number of nitro groups is 1. The third kappa shape index (κ3) is 2.47. The van der Waals surface area contributed by atoms with Crippen LogP contribution in [0, 0.1) is 17.0 Å². The van der Waals surface area contributed by atoms with Gasteiger partial charge in [-0.1, -0.05) is 29.8 Å². The van der Waals surface area contributed by atoms with Crippen LogP contribution in [0.1, 0.15) is 17.4 Å². The predicted octanol–water partition coefficient (Wildman–Crippen LogP) is 2.54. The van der Waals surface area contributed by atoms with E-state index in [4.69, 9.17) is 4.84 Å². The number of nitro benzene ring substituents is 1. The maximum atomic E-state index is 12.4. The van der Waals surface area contributed by atoms with E-state index in [9.17, 15) is 18.5 Å². The van der Waals surface area contributed by atoms with Gasteiger partial charge in [0.25, 0.3) is 15.7 Å². The van der Waals surface area contributed by atoms with Gasteiger partial charge in [-0.3, -0.25) is 15.0 Å². The van der Waals surface area contributed by atoms with E-state index in [1.165, 1.54) is 30.3 Å². The number of para-hydroxylation sites is 1. The van der Waals surface area contributed by atoms with Gasteiger partial charge >= 0.3 is 0 Å². The van der Waals surface area contributed by atoms with Crippen molar-refractivity contribution < 1.29 is 18.2 Å².